The number of carbonyl (C=O) groups is 1. The number of rotatable bonds is 11. The second-order valence-corrected chi connectivity index (χ2v) is 7.91. The highest BCUT2D eigenvalue weighted by molar-refractivity contribution is 7.99. The molecule has 0 bridgehead atoms. The topological polar surface area (TPSA) is 50.8 Å². The maximum absolute atomic E-state index is 12.1. The van der Waals surface area contributed by atoms with Crippen LogP contribution in [0.2, 0.25) is 0 Å². The Morgan fingerprint density at radius 3 is 2.55 bits per heavy atom. The lowest BCUT2D eigenvalue weighted by atomic mass is 10.2. The van der Waals surface area contributed by atoms with Crippen molar-refractivity contribution < 1.29 is 14.3 Å². The van der Waals surface area contributed by atoms with E-state index in [1.807, 2.05) is 48.5 Å². The quantitative estimate of drug-likeness (QED) is 0.438. The third kappa shape index (κ3) is 7.83. The van der Waals surface area contributed by atoms with Crippen LogP contribution in [0.4, 0.5) is 0 Å². The summed E-state index contributed by atoms with van der Waals surface area (Å²) in [6.07, 6.45) is 5.50. The van der Waals surface area contributed by atoms with Gasteiger partial charge in [-0.25, -0.2) is 0 Å². The van der Waals surface area contributed by atoms with Gasteiger partial charge in [-0.15, -0.1) is 0 Å². The van der Waals surface area contributed by atoms with E-state index in [0.29, 0.717) is 18.0 Å². The first-order valence-corrected chi connectivity index (χ1v) is 10.4. The Hall–Kier alpha value is -2.44. The SMILES string of the molecule is COc1ccc(Sc2ccccc2/C=C/C(=O)NCCCCN(C)C)cc1OC. The predicted molar refractivity (Wildman–Crippen MR) is 120 cm³/mol. The molecule has 1 N–H and O–H groups in total. The van der Waals surface area contributed by atoms with Crippen molar-refractivity contribution in [2.24, 2.45) is 0 Å². The van der Waals surface area contributed by atoms with Gasteiger partial charge in [0.15, 0.2) is 11.5 Å². The number of hydrogen-bond donors (Lipinski definition) is 1. The summed E-state index contributed by atoms with van der Waals surface area (Å²) >= 11 is 1.62. The van der Waals surface area contributed by atoms with Crippen LogP contribution in [0.15, 0.2) is 58.3 Å². The molecule has 0 atom stereocenters. The Labute approximate surface area is 178 Å². The maximum Gasteiger partial charge on any atom is 0.243 e. The molecule has 2 aromatic rings. The van der Waals surface area contributed by atoms with E-state index in [1.54, 1.807) is 32.1 Å². The molecule has 29 heavy (non-hydrogen) atoms. The van der Waals surface area contributed by atoms with Crippen LogP contribution >= 0.6 is 11.8 Å². The van der Waals surface area contributed by atoms with Crippen LogP contribution in [0.3, 0.4) is 0 Å². The van der Waals surface area contributed by atoms with E-state index in [0.717, 1.165) is 34.7 Å². The van der Waals surface area contributed by atoms with Crippen molar-refractivity contribution in [3.8, 4) is 11.5 Å². The average Bonchev–Trinajstić information content (AvgIpc) is 2.72. The van der Waals surface area contributed by atoms with Crippen LogP contribution < -0.4 is 14.8 Å². The first-order chi connectivity index (χ1) is 14.0. The molecule has 0 aromatic heterocycles. The molecule has 0 radical (unpaired) electrons. The van der Waals surface area contributed by atoms with E-state index in [4.69, 9.17) is 9.47 Å². The van der Waals surface area contributed by atoms with E-state index >= 15 is 0 Å². The number of benzene rings is 2. The molecule has 0 saturated heterocycles. The summed E-state index contributed by atoms with van der Waals surface area (Å²) in [6, 6.07) is 13.8. The Balaban J connectivity index is 1.98. The van der Waals surface area contributed by atoms with Gasteiger partial charge in [0.05, 0.1) is 14.2 Å². The fraction of sp³-hybridized carbons (Fsp3) is 0.348. The van der Waals surface area contributed by atoms with Crippen LogP contribution in [-0.4, -0.2) is 52.2 Å². The van der Waals surface area contributed by atoms with Crippen molar-refractivity contribution in [2.45, 2.75) is 22.6 Å². The maximum atomic E-state index is 12.1. The molecule has 0 aliphatic heterocycles. The van der Waals surface area contributed by atoms with Crippen LogP contribution in [-0.2, 0) is 4.79 Å². The zero-order chi connectivity index (χ0) is 21.1. The second-order valence-electron chi connectivity index (χ2n) is 6.79. The highest BCUT2D eigenvalue weighted by Gasteiger charge is 2.08. The monoisotopic (exact) mass is 414 g/mol. The van der Waals surface area contributed by atoms with Crippen molar-refractivity contribution in [3.05, 3.63) is 54.1 Å². The third-order valence-electron chi connectivity index (χ3n) is 4.25. The average molecular weight is 415 g/mol. The lowest BCUT2D eigenvalue weighted by molar-refractivity contribution is -0.116. The molecule has 0 heterocycles. The van der Waals surface area contributed by atoms with Crippen LogP contribution in [0.5, 0.6) is 11.5 Å². The smallest absolute Gasteiger partial charge is 0.243 e. The minimum absolute atomic E-state index is 0.0687. The Morgan fingerprint density at radius 1 is 1.07 bits per heavy atom. The lowest BCUT2D eigenvalue weighted by Crippen LogP contribution is -2.23. The van der Waals surface area contributed by atoms with Crippen LogP contribution in [0.1, 0.15) is 18.4 Å². The van der Waals surface area contributed by atoms with Gasteiger partial charge >= 0.3 is 0 Å². The van der Waals surface area contributed by atoms with Crippen molar-refractivity contribution in [1.82, 2.24) is 10.2 Å². The third-order valence-corrected chi connectivity index (χ3v) is 5.33. The molecule has 6 heteroatoms. The Bertz CT molecular complexity index is 822. The van der Waals surface area contributed by atoms with E-state index in [-0.39, 0.29) is 5.91 Å². The summed E-state index contributed by atoms with van der Waals surface area (Å²) in [7, 11) is 7.36. The molecular formula is C23H30N2O3S. The molecule has 0 aliphatic carbocycles. The molecule has 0 unspecified atom stereocenters. The summed E-state index contributed by atoms with van der Waals surface area (Å²) in [5.41, 5.74) is 0.995. The molecule has 2 aromatic carbocycles. The molecule has 2 rings (SSSR count). The van der Waals surface area contributed by atoms with Gasteiger partial charge in [-0.3, -0.25) is 4.79 Å². The first-order valence-electron chi connectivity index (χ1n) is 9.63. The summed E-state index contributed by atoms with van der Waals surface area (Å²) in [5, 5.41) is 2.94. The standard InChI is InChI=1S/C23H30N2O3S/c1-25(2)16-8-7-15-24-23(26)14-11-18-9-5-6-10-22(18)29-19-12-13-20(27-3)21(17-19)28-4/h5-6,9-14,17H,7-8,15-16H2,1-4H3,(H,24,26)/b14-11+. The van der Waals surface area contributed by atoms with Crippen LogP contribution in [0, 0.1) is 0 Å². The summed E-state index contributed by atoms with van der Waals surface area (Å²) < 4.78 is 10.7. The highest BCUT2D eigenvalue weighted by atomic mass is 32.2. The number of methoxy groups -OCH3 is 2. The number of amides is 1. The lowest BCUT2D eigenvalue weighted by Gasteiger charge is -2.10. The number of nitrogens with zero attached hydrogens (tertiary/aromatic N) is 1. The summed E-state index contributed by atoms with van der Waals surface area (Å²) in [5.74, 6) is 1.33. The molecule has 0 aliphatic rings. The molecule has 1 amide bonds. The second kappa shape index (κ2) is 12.2. The van der Waals surface area contributed by atoms with E-state index < -0.39 is 0 Å². The van der Waals surface area contributed by atoms with Gasteiger partial charge in [0.2, 0.25) is 5.91 Å². The molecule has 5 nitrogen and oxygen atoms in total. The molecule has 0 spiro atoms. The fourth-order valence-corrected chi connectivity index (χ4v) is 3.66. The van der Waals surface area contributed by atoms with Crippen LogP contribution in [0.25, 0.3) is 6.08 Å². The minimum atomic E-state index is -0.0687. The summed E-state index contributed by atoms with van der Waals surface area (Å²) in [4.78, 5) is 16.3. The van der Waals surface area contributed by atoms with Gasteiger partial charge < -0.3 is 19.7 Å². The molecule has 0 fully saturated rings. The van der Waals surface area contributed by atoms with Crippen molar-refractivity contribution in [2.75, 3.05) is 41.4 Å². The van der Waals surface area contributed by atoms with Gasteiger partial charge in [0.25, 0.3) is 0 Å². The zero-order valence-corrected chi connectivity index (χ0v) is 18.4. The number of nitrogens with one attached hydrogen (secondary N) is 1. The van der Waals surface area contributed by atoms with Gasteiger partial charge in [-0.1, -0.05) is 30.0 Å². The van der Waals surface area contributed by atoms with E-state index in [1.165, 1.54) is 0 Å². The number of hydrogen-bond acceptors (Lipinski definition) is 5. The van der Waals surface area contributed by atoms with Crippen molar-refractivity contribution in [3.63, 3.8) is 0 Å². The first kappa shape index (κ1) is 22.8. The van der Waals surface area contributed by atoms with Gasteiger partial charge in [0, 0.05) is 22.4 Å². The largest absolute Gasteiger partial charge is 0.493 e. The fourth-order valence-electron chi connectivity index (χ4n) is 2.71. The van der Waals surface area contributed by atoms with Gasteiger partial charge in [-0.05, 0) is 69.4 Å². The number of ether oxygens (including phenoxy) is 2. The van der Waals surface area contributed by atoms with E-state index in [2.05, 4.69) is 24.3 Å². The minimum Gasteiger partial charge on any atom is -0.493 e. The number of carbonyl (C=O) groups excluding carboxylic acids is 1. The van der Waals surface area contributed by atoms with Crippen molar-refractivity contribution in [1.29, 1.82) is 0 Å². The molecule has 0 saturated carbocycles. The molecule has 156 valence electrons. The van der Waals surface area contributed by atoms with Gasteiger partial charge in [-0.2, -0.15) is 0 Å². The normalized spacial score (nSPS) is 11.1. The number of unbranched alkanes of at least 4 members (excludes halogenated alkanes) is 1. The van der Waals surface area contributed by atoms with E-state index in [9.17, 15) is 4.79 Å². The predicted octanol–water partition coefficient (Wildman–Crippen LogP) is 4.33. The van der Waals surface area contributed by atoms with Gasteiger partial charge in [0.1, 0.15) is 0 Å². The summed E-state index contributed by atoms with van der Waals surface area (Å²) in [6.45, 7) is 1.73. The van der Waals surface area contributed by atoms with Crippen molar-refractivity contribution >= 4 is 23.7 Å². The highest BCUT2D eigenvalue weighted by Crippen LogP contribution is 2.36. The Kier molecular flexibility index (Phi) is 9.60. The molecular weight excluding hydrogens is 384 g/mol. The Morgan fingerprint density at radius 2 is 1.83 bits per heavy atom. The zero-order valence-electron chi connectivity index (χ0n) is 17.6.